The molecule has 0 saturated heterocycles. The van der Waals surface area contributed by atoms with Gasteiger partial charge in [-0.15, -0.1) is 0 Å². The van der Waals surface area contributed by atoms with Gasteiger partial charge in [-0.25, -0.2) is 4.79 Å². The fourth-order valence-electron chi connectivity index (χ4n) is 1.47. The number of hydrogen-bond acceptors (Lipinski definition) is 5. The summed E-state index contributed by atoms with van der Waals surface area (Å²) in [7, 11) is 0. The second-order valence-electron chi connectivity index (χ2n) is 4.18. The van der Waals surface area contributed by atoms with Gasteiger partial charge in [-0.05, 0) is 23.8 Å². The van der Waals surface area contributed by atoms with Crippen molar-refractivity contribution in [3.8, 4) is 0 Å². The summed E-state index contributed by atoms with van der Waals surface area (Å²) < 4.78 is 0. The van der Waals surface area contributed by atoms with E-state index in [4.69, 9.17) is 10.2 Å². The first-order valence-corrected chi connectivity index (χ1v) is 5.97. The van der Waals surface area contributed by atoms with Crippen LogP contribution in [0, 0.1) is 10.1 Å². The Morgan fingerprint density at radius 2 is 1.82 bits per heavy atom. The zero-order valence-corrected chi connectivity index (χ0v) is 11.1. The number of benzene rings is 1. The second kappa shape index (κ2) is 7.53. The molecule has 1 aromatic rings. The molecule has 9 heteroatoms. The number of rotatable bonds is 7. The lowest BCUT2D eigenvalue weighted by Gasteiger charge is -2.10. The van der Waals surface area contributed by atoms with Gasteiger partial charge in [0, 0.05) is 18.2 Å². The summed E-state index contributed by atoms with van der Waals surface area (Å²) in [6, 6.07) is 3.79. The number of hydrogen-bond donors (Lipinski definition) is 3. The number of non-ortho nitro benzene ring substituents is 1. The van der Waals surface area contributed by atoms with Gasteiger partial charge in [-0.2, -0.15) is 0 Å². The van der Waals surface area contributed by atoms with Crippen LogP contribution >= 0.6 is 0 Å². The van der Waals surface area contributed by atoms with Crippen molar-refractivity contribution < 1.29 is 29.5 Å². The number of carboxylic acids is 2. The highest BCUT2D eigenvalue weighted by atomic mass is 16.6. The van der Waals surface area contributed by atoms with Crippen molar-refractivity contribution in [3.63, 3.8) is 0 Å². The molecule has 0 aliphatic rings. The van der Waals surface area contributed by atoms with Gasteiger partial charge in [0.2, 0.25) is 5.91 Å². The summed E-state index contributed by atoms with van der Waals surface area (Å²) in [5.41, 5.74) is 0.389. The molecule has 0 aromatic heterocycles. The molecule has 1 atom stereocenters. The minimum Gasteiger partial charge on any atom is -0.481 e. The maximum Gasteiger partial charge on any atom is 0.326 e. The Hall–Kier alpha value is -3.23. The van der Waals surface area contributed by atoms with Gasteiger partial charge in [0.05, 0.1) is 11.3 Å². The van der Waals surface area contributed by atoms with Crippen LogP contribution in [0.4, 0.5) is 5.69 Å². The third-order valence-corrected chi connectivity index (χ3v) is 2.52. The van der Waals surface area contributed by atoms with E-state index in [2.05, 4.69) is 0 Å². The standard InChI is InChI=1S/C13H12N2O7/c16-11(14-10(13(19)20)7-12(17)18)6-3-8-1-4-9(5-2-8)15(21)22/h1-6,10H,7H2,(H,14,16)(H,17,18)(H,19,20)/b6-3+. The third-order valence-electron chi connectivity index (χ3n) is 2.52. The fraction of sp³-hybridized carbons (Fsp3) is 0.154. The molecule has 9 nitrogen and oxygen atoms in total. The van der Waals surface area contributed by atoms with Crippen molar-refractivity contribution >= 4 is 29.6 Å². The zero-order chi connectivity index (χ0) is 16.7. The van der Waals surface area contributed by atoms with E-state index in [1.165, 1.54) is 30.3 Å². The van der Waals surface area contributed by atoms with Gasteiger partial charge in [0.1, 0.15) is 6.04 Å². The van der Waals surface area contributed by atoms with E-state index in [-0.39, 0.29) is 5.69 Å². The first-order chi connectivity index (χ1) is 10.3. The average Bonchev–Trinajstić information content (AvgIpc) is 2.44. The molecule has 0 bridgehead atoms. The number of carbonyl (C=O) groups excluding carboxylic acids is 1. The summed E-state index contributed by atoms with van der Waals surface area (Å²) >= 11 is 0. The monoisotopic (exact) mass is 308 g/mol. The topological polar surface area (TPSA) is 147 Å². The summed E-state index contributed by atoms with van der Waals surface area (Å²) in [6.07, 6.45) is 1.59. The molecule has 0 radical (unpaired) electrons. The van der Waals surface area contributed by atoms with Gasteiger partial charge < -0.3 is 15.5 Å². The van der Waals surface area contributed by atoms with E-state index in [9.17, 15) is 24.5 Å². The first-order valence-electron chi connectivity index (χ1n) is 5.97. The molecule has 1 rings (SSSR count). The summed E-state index contributed by atoms with van der Waals surface area (Å²) in [4.78, 5) is 42.7. The predicted molar refractivity (Wildman–Crippen MR) is 73.9 cm³/mol. The predicted octanol–water partition coefficient (Wildman–Crippen LogP) is 0.652. The lowest BCUT2D eigenvalue weighted by molar-refractivity contribution is -0.384. The Labute approximate surface area is 124 Å². The normalized spacial score (nSPS) is 11.8. The van der Waals surface area contributed by atoms with Crippen molar-refractivity contribution in [1.82, 2.24) is 5.32 Å². The van der Waals surface area contributed by atoms with Crippen molar-refractivity contribution in [2.75, 3.05) is 0 Å². The molecule has 1 aromatic carbocycles. The van der Waals surface area contributed by atoms with Gasteiger partial charge in [-0.3, -0.25) is 19.7 Å². The Balaban J connectivity index is 2.68. The van der Waals surface area contributed by atoms with Crippen LogP contribution in [0.15, 0.2) is 30.3 Å². The fourth-order valence-corrected chi connectivity index (χ4v) is 1.47. The molecule has 1 amide bonds. The van der Waals surface area contributed by atoms with Crippen LogP contribution in [-0.4, -0.2) is 39.0 Å². The quantitative estimate of drug-likeness (QED) is 0.380. The summed E-state index contributed by atoms with van der Waals surface area (Å²) in [5, 5.41) is 29.8. The SMILES string of the molecule is O=C(O)CC(NC(=O)/C=C/c1ccc([N+](=O)[O-])cc1)C(=O)O. The molecular weight excluding hydrogens is 296 g/mol. The number of nitro benzene ring substituents is 1. The minimum absolute atomic E-state index is 0.103. The Kier molecular flexibility index (Phi) is 5.75. The number of carbonyl (C=O) groups is 3. The number of nitrogens with zero attached hydrogens (tertiary/aromatic N) is 1. The van der Waals surface area contributed by atoms with Gasteiger partial charge in [0.25, 0.3) is 5.69 Å². The van der Waals surface area contributed by atoms with Crippen molar-refractivity contribution in [1.29, 1.82) is 0 Å². The zero-order valence-electron chi connectivity index (χ0n) is 11.1. The average molecular weight is 308 g/mol. The number of carboxylic acid groups (broad SMARTS) is 2. The highest BCUT2D eigenvalue weighted by Crippen LogP contribution is 2.12. The van der Waals surface area contributed by atoms with Crippen molar-refractivity contribution in [3.05, 3.63) is 46.0 Å². The molecule has 116 valence electrons. The Morgan fingerprint density at radius 3 is 2.27 bits per heavy atom. The lowest BCUT2D eigenvalue weighted by Crippen LogP contribution is -2.41. The smallest absolute Gasteiger partial charge is 0.326 e. The number of nitro groups is 1. The maximum absolute atomic E-state index is 11.5. The molecule has 0 saturated carbocycles. The van der Waals surface area contributed by atoms with Gasteiger partial charge in [0.15, 0.2) is 0 Å². The third kappa shape index (κ3) is 5.41. The Bertz CT molecular complexity index is 622. The van der Waals surface area contributed by atoms with E-state index in [0.717, 1.165) is 6.08 Å². The highest BCUT2D eigenvalue weighted by molar-refractivity contribution is 5.95. The molecule has 3 N–H and O–H groups in total. The summed E-state index contributed by atoms with van der Waals surface area (Å²) in [5.74, 6) is -3.60. The van der Waals surface area contributed by atoms with Crippen LogP contribution in [0.25, 0.3) is 6.08 Å². The van der Waals surface area contributed by atoms with Gasteiger partial charge >= 0.3 is 11.9 Å². The second-order valence-corrected chi connectivity index (χ2v) is 4.18. The molecule has 22 heavy (non-hydrogen) atoms. The van der Waals surface area contributed by atoms with Crippen molar-refractivity contribution in [2.45, 2.75) is 12.5 Å². The number of aliphatic carboxylic acids is 2. The number of nitrogens with one attached hydrogen (secondary N) is 1. The molecule has 0 fully saturated rings. The van der Waals surface area contributed by atoms with E-state index in [1.54, 1.807) is 0 Å². The molecular formula is C13H12N2O7. The van der Waals surface area contributed by atoms with E-state index in [0.29, 0.717) is 5.56 Å². The largest absolute Gasteiger partial charge is 0.481 e. The van der Waals surface area contributed by atoms with Crippen LogP contribution in [0.2, 0.25) is 0 Å². The molecule has 0 aliphatic heterocycles. The van der Waals surface area contributed by atoms with E-state index < -0.39 is 35.2 Å². The molecule has 1 unspecified atom stereocenters. The lowest BCUT2D eigenvalue weighted by atomic mass is 10.2. The minimum atomic E-state index is -1.54. The highest BCUT2D eigenvalue weighted by Gasteiger charge is 2.21. The van der Waals surface area contributed by atoms with E-state index >= 15 is 0 Å². The number of amides is 1. The van der Waals surface area contributed by atoms with Gasteiger partial charge in [-0.1, -0.05) is 0 Å². The first kappa shape index (κ1) is 16.8. The summed E-state index contributed by atoms with van der Waals surface area (Å²) in [6.45, 7) is 0. The van der Waals surface area contributed by atoms with E-state index in [1.807, 2.05) is 5.32 Å². The van der Waals surface area contributed by atoms with Crippen LogP contribution in [0.1, 0.15) is 12.0 Å². The van der Waals surface area contributed by atoms with Crippen LogP contribution in [0.3, 0.4) is 0 Å². The molecule has 0 aliphatic carbocycles. The van der Waals surface area contributed by atoms with Crippen LogP contribution in [-0.2, 0) is 14.4 Å². The van der Waals surface area contributed by atoms with Crippen LogP contribution in [0.5, 0.6) is 0 Å². The Morgan fingerprint density at radius 1 is 1.23 bits per heavy atom. The molecule has 0 heterocycles. The van der Waals surface area contributed by atoms with Crippen molar-refractivity contribution in [2.24, 2.45) is 0 Å². The van der Waals surface area contributed by atoms with Crippen LogP contribution < -0.4 is 5.32 Å². The molecule has 0 spiro atoms. The maximum atomic E-state index is 11.5.